The first-order chi connectivity index (χ1) is 11.0. The summed E-state index contributed by atoms with van der Waals surface area (Å²) in [6, 6.07) is 9.93. The summed E-state index contributed by atoms with van der Waals surface area (Å²) in [7, 11) is 0. The van der Waals surface area contributed by atoms with Crippen LogP contribution in [0.3, 0.4) is 0 Å². The Morgan fingerprint density at radius 2 is 1.96 bits per heavy atom. The standard InChI is InChI=1S/C16H19ClN2O4/c1-11(23-13-6-4-12(17)5-7-13)9-18-16(21)19-10-14(20)15-3-2-8-22-15/h2-8,11,14,20H,9-10H2,1H3,(H2,18,19,21). The Balaban J connectivity index is 1.66. The van der Waals surface area contributed by atoms with Gasteiger partial charge in [-0.15, -0.1) is 0 Å². The van der Waals surface area contributed by atoms with Crippen LogP contribution in [0.15, 0.2) is 47.1 Å². The number of hydrogen-bond donors (Lipinski definition) is 3. The molecule has 0 spiro atoms. The predicted octanol–water partition coefficient (Wildman–Crippen LogP) is 2.73. The Morgan fingerprint density at radius 3 is 2.61 bits per heavy atom. The third-order valence-electron chi connectivity index (χ3n) is 3.03. The van der Waals surface area contributed by atoms with E-state index < -0.39 is 6.10 Å². The van der Waals surface area contributed by atoms with Gasteiger partial charge in [0.1, 0.15) is 23.7 Å². The van der Waals surface area contributed by atoms with E-state index >= 15 is 0 Å². The Bertz CT molecular complexity index is 601. The van der Waals surface area contributed by atoms with Gasteiger partial charge in [-0.2, -0.15) is 0 Å². The first kappa shape index (κ1) is 17.2. The van der Waals surface area contributed by atoms with Gasteiger partial charge < -0.3 is 24.9 Å². The van der Waals surface area contributed by atoms with E-state index in [0.29, 0.717) is 23.1 Å². The highest BCUT2D eigenvalue weighted by atomic mass is 35.5. The maximum absolute atomic E-state index is 11.7. The monoisotopic (exact) mass is 338 g/mol. The zero-order valence-corrected chi connectivity index (χ0v) is 13.4. The van der Waals surface area contributed by atoms with Crippen LogP contribution in [0.25, 0.3) is 0 Å². The molecule has 23 heavy (non-hydrogen) atoms. The Hall–Kier alpha value is -2.18. The molecule has 0 aliphatic rings. The lowest BCUT2D eigenvalue weighted by Crippen LogP contribution is -2.41. The molecular weight excluding hydrogens is 320 g/mol. The Morgan fingerprint density at radius 1 is 1.26 bits per heavy atom. The molecule has 1 aromatic heterocycles. The third kappa shape index (κ3) is 5.84. The second kappa shape index (κ2) is 8.45. The van der Waals surface area contributed by atoms with Crippen LogP contribution in [-0.2, 0) is 0 Å². The molecule has 3 N–H and O–H groups in total. The molecule has 0 aliphatic carbocycles. The molecule has 0 bridgehead atoms. The number of amides is 2. The van der Waals surface area contributed by atoms with Crippen LogP contribution in [0.2, 0.25) is 5.02 Å². The number of halogens is 1. The Kier molecular flexibility index (Phi) is 6.31. The third-order valence-corrected chi connectivity index (χ3v) is 3.28. The summed E-state index contributed by atoms with van der Waals surface area (Å²) in [6.07, 6.45) is 0.379. The Labute approximate surface area is 139 Å². The van der Waals surface area contributed by atoms with Gasteiger partial charge in [-0.3, -0.25) is 0 Å². The summed E-state index contributed by atoms with van der Waals surface area (Å²) in [5, 5.41) is 15.7. The molecule has 0 fully saturated rings. The van der Waals surface area contributed by atoms with Gasteiger partial charge in [0.15, 0.2) is 0 Å². The minimum absolute atomic E-state index is 0.0613. The molecule has 0 saturated carbocycles. The molecule has 0 saturated heterocycles. The molecule has 1 heterocycles. The summed E-state index contributed by atoms with van der Waals surface area (Å²) < 4.78 is 10.7. The smallest absolute Gasteiger partial charge is 0.315 e. The quantitative estimate of drug-likeness (QED) is 0.724. The van der Waals surface area contributed by atoms with E-state index in [0.717, 1.165) is 0 Å². The van der Waals surface area contributed by atoms with Gasteiger partial charge in [-0.1, -0.05) is 11.6 Å². The highest BCUT2D eigenvalue weighted by Gasteiger charge is 2.12. The van der Waals surface area contributed by atoms with Gasteiger partial charge in [-0.25, -0.2) is 4.79 Å². The number of rotatable bonds is 7. The highest BCUT2D eigenvalue weighted by Crippen LogP contribution is 2.16. The van der Waals surface area contributed by atoms with Crippen molar-refractivity contribution in [1.82, 2.24) is 10.6 Å². The van der Waals surface area contributed by atoms with E-state index in [9.17, 15) is 9.90 Å². The van der Waals surface area contributed by atoms with Gasteiger partial charge in [0.2, 0.25) is 0 Å². The summed E-state index contributed by atoms with van der Waals surface area (Å²) >= 11 is 5.80. The normalized spacial score (nSPS) is 13.2. The molecule has 1 aromatic carbocycles. The second-order valence-electron chi connectivity index (χ2n) is 5.00. The van der Waals surface area contributed by atoms with Crippen LogP contribution in [0.4, 0.5) is 4.79 Å². The minimum Gasteiger partial charge on any atom is -0.489 e. The number of benzene rings is 1. The molecule has 7 heteroatoms. The minimum atomic E-state index is -0.876. The fraction of sp³-hybridized carbons (Fsp3) is 0.312. The molecule has 6 nitrogen and oxygen atoms in total. The molecular formula is C16H19ClN2O4. The lowest BCUT2D eigenvalue weighted by atomic mass is 10.3. The van der Waals surface area contributed by atoms with E-state index in [4.69, 9.17) is 20.8 Å². The predicted molar refractivity (Wildman–Crippen MR) is 86.6 cm³/mol. The average Bonchev–Trinajstić information content (AvgIpc) is 3.07. The van der Waals surface area contributed by atoms with Crippen LogP contribution in [-0.4, -0.2) is 30.3 Å². The largest absolute Gasteiger partial charge is 0.489 e. The number of ether oxygens (including phenoxy) is 1. The topological polar surface area (TPSA) is 83.7 Å². The van der Waals surface area contributed by atoms with Crippen LogP contribution in [0.1, 0.15) is 18.8 Å². The van der Waals surface area contributed by atoms with Gasteiger partial charge in [0.25, 0.3) is 0 Å². The van der Waals surface area contributed by atoms with Crippen molar-refractivity contribution in [3.63, 3.8) is 0 Å². The lowest BCUT2D eigenvalue weighted by Gasteiger charge is -2.16. The number of urea groups is 1. The van der Waals surface area contributed by atoms with Crippen molar-refractivity contribution in [2.45, 2.75) is 19.1 Å². The maximum atomic E-state index is 11.7. The molecule has 2 atom stereocenters. The van der Waals surface area contributed by atoms with E-state index in [1.54, 1.807) is 36.4 Å². The van der Waals surface area contributed by atoms with Gasteiger partial charge in [-0.05, 0) is 43.3 Å². The summed E-state index contributed by atoms with van der Waals surface area (Å²) in [4.78, 5) is 11.7. The molecule has 0 radical (unpaired) electrons. The number of carbonyl (C=O) groups excluding carboxylic acids is 1. The fourth-order valence-electron chi connectivity index (χ4n) is 1.86. The maximum Gasteiger partial charge on any atom is 0.315 e. The zero-order valence-electron chi connectivity index (χ0n) is 12.7. The molecule has 0 aliphatic heterocycles. The molecule has 124 valence electrons. The van der Waals surface area contributed by atoms with Gasteiger partial charge >= 0.3 is 6.03 Å². The molecule has 2 amide bonds. The van der Waals surface area contributed by atoms with E-state index in [1.165, 1.54) is 6.26 Å². The van der Waals surface area contributed by atoms with Crippen molar-refractivity contribution in [2.24, 2.45) is 0 Å². The van der Waals surface area contributed by atoms with Crippen molar-refractivity contribution < 1.29 is 19.1 Å². The number of furan rings is 1. The van der Waals surface area contributed by atoms with Crippen molar-refractivity contribution in [3.05, 3.63) is 53.4 Å². The van der Waals surface area contributed by atoms with Crippen LogP contribution >= 0.6 is 11.6 Å². The molecule has 2 aromatic rings. The summed E-state index contributed by atoms with van der Waals surface area (Å²) in [5.74, 6) is 1.09. The number of carbonyl (C=O) groups is 1. The lowest BCUT2D eigenvalue weighted by molar-refractivity contribution is 0.147. The van der Waals surface area contributed by atoms with Crippen molar-refractivity contribution >= 4 is 17.6 Å². The van der Waals surface area contributed by atoms with E-state index in [2.05, 4.69) is 10.6 Å². The van der Waals surface area contributed by atoms with Gasteiger partial charge in [0, 0.05) is 5.02 Å². The van der Waals surface area contributed by atoms with E-state index in [1.807, 2.05) is 6.92 Å². The number of aliphatic hydroxyl groups is 1. The van der Waals surface area contributed by atoms with Crippen molar-refractivity contribution in [2.75, 3.05) is 13.1 Å². The first-order valence-corrected chi connectivity index (χ1v) is 7.58. The number of nitrogens with one attached hydrogen (secondary N) is 2. The van der Waals surface area contributed by atoms with Crippen LogP contribution in [0, 0.1) is 0 Å². The van der Waals surface area contributed by atoms with Crippen molar-refractivity contribution in [3.8, 4) is 5.75 Å². The SMILES string of the molecule is CC(CNC(=O)NCC(O)c1ccco1)Oc1ccc(Cl)cc1. The van der Waals surface area contributed by atoms with Gasteiger partial charge in [0.05, 0.1) is 19.4 Å². The number of aliphatic hydroxyl groups excluding tert-OH is 1. The van der Waals surface area contributed by atoms with Crippen LogP contribution in [0.5, 0.6) is 5.75 Å². The first-order valence-electron chi connectivity index (χ1n) is 7.20. The average molecular weight is 339 g/mol. The highest BCUT2D eigenvalue weighted by molar-refractivity contribution is 6.30. The fourth-order valence-corrected chi connectivity index (χ4v) is 1.98. The second-order valence-corrected chi connectivity index (χ2v) is 5.44. The van der Waals surface area contributed by atoms with Crippen LogP contribution < -0.4 is 15.4 Å². The van der Waals surface area contributed by atoms with Crippen molar-refractivity contribution in [1.29, 1.82) is 0 Å². The number of hydrogen-bond acceptors (Lipinski definition) is 4. The molecule has 2 unspecified atom stereocenters. The zero-order chi connectivity index (χ0) is 16.7. The summed E-state index contributed by atoms with van der Waals surface area (Å²) in [6.45, 7) is 2.23. The van der Waals surface area contributed by atoms with E-state index in [-0.39, 0.29) is 18.7 Å². The summed E-state index contributed by atoms with van der Waals surface area (Å²) in [5.41, 5.74) is 0. The molecule has 2 rings (SSSR count).